The van der Waals surface area contributed by atoms with E-state index in [9.17, 15) is 9.18 Å². The maximum Gasteiger partial charge on any atom is 0.247 e. The summed E-state index contributed by atoms with van der Waals surface area (Å²) in [6.45, 7) is 0.0330. The molecule has 0 aliphatic heterocycles. The third-order valence-corrected chi connectivity index (χ3v) is 4.56. The van der Waals surface area contributed by atoms with Gasteiger partial charge >= 0.3 is 0 Å². The first-order valence-corrected chi connectivity index (χ1v) is 9.02. The monoisotopic (exact) mass is 379 g/mol. The highest BCUT2D eigenvalue weighted by Crippen LogP contribution is 2.25. The van der Waals surface area contributed by atoms with E-state index in [1.54, 1.807) is 18.3 Å². The van der Waals surface area contributed by atoms with Crippen LogP contribution >= 0.6 is 11.3 Å². The van der Waals surface area contributed by atoms with E-state index in [0.717, 1.165) is 11.1 Å². The summed E-state index contributed by atoms with van der Waals surface area (Å²) in [5.41, 5.74) is 3.11. The van der Waals surface area contributed by atoms with Gasteiger partial charge in [-0.3, -0.25) is 4.79 Å². The summed E-state index contributed by atoms with van der Waals surface area (Å²) in [5, 5.41) is 13.1. The molecule has 0 fully saturated rings. The van der Waals surface area contributed by atoms with Crippen LogP contribution in [0.5, 0.6) is 0 Å². The van der Waals surface area contributed by atoms with Crippen molar-refractivity contribution in [1.29, 1.82) is 0 Å². The first kappa shape index (κ1) is 17.0. The molecule has 27 heavy (non-hydrogen) atoms. The predicted molar refractivity (Wildman–Crippen MR) is 102 cm³/mol. The van der Waals surface area contributed by atoms with Crippen molar-refractivity contribution in [2.45, 2.75) is 6.54 Å². The normalized spacial score (nSPS) is 10.7. The Balaban J connectivity index is 1.40. The Kier molecular flexibility index (Phi) is 4.71. The van der Waals surface area contributed by atoms with Crippen LogP contribution in [0.2, 0.25) is 0 Å². The number of aromatic nitrogens is 4. The van der Waals surface area contributed by atoms with Gasteiger partial charge in [-0.2, -0.15) is 0 Å². The van der Waals surface area contributed by atoms with Gasteiger partial charge in [0.25, 0.3) is 0 Å². The van der Waals surface area contributed by atoms with Gasteiger partial charge in [0.15, 0.2) is 5.13 Å². The van der Waals surface area contributed by atoms with Crippen LogP contribution in [-0.4, -0.2) is 25.9 Å². The van der Waals surface area contributed by atoms with Gasteiger partial charge in [-0.05, 0) is 24.3 Å². The zero-order chi connectivity index (χ0) is 18.6. The van der Waals surface area contributed by atoms with Gasteiger partial charge in [0.05, 0.1) is 11.9 Å². The van der Waals surface area contributed by atoms with Crippen LogP contribution in [0.4, 0.5) is 9.52 Å². The number of nitrogens with zero attached hydrogens (tertiary/aromatic N) is 4. The average Bonchev–Trinajstić information content (AvgIpc) is 3.33. The summed E-state index contributed by atoms with van der Waals surface area (Å²) in [6.07, 6.45) is 1.72. The lowest BCUT2D eigenvalue weighted by molar-refractivity contribution is -0.116. The number of hydrogen-bond acceptors (Lipinski definition) is 5. The predicted octanol–water partition coefficient (Wildman–Crippen LogP) is 3.85. The summed E-state index contributed by atoms with van der Waals surface area (Å²) in [5.74, 6) is -0.551. The van der Waals surface area contributed by atoms with Gasteiger partial charge < -0.3 is 5.32 Å². The first-order chi connectivity index (χ1) is 13.2. The smallest absolute Gasteiger partial charge is 0.247 e. The molecule has 0 saturated heterocycles. The summed E-state index contributed by atoms with van der Waals surface area (Å²) in [6, 6.07) is 15.7. The van der Waals surface area contributed by atoms with E-state index in [1.165, 1.54) is 28.2 Å². The number of nitrogens with one attached hydrogen (secondary N) is 1. The lowest BCUT2D eigenvalue weighted by Gasteiger charge is -2.01. The summed E-state index contributed by atoms with van der Waals surface area (Å²) < 4.78 is 14.5. The highest BCUT2D eigenvalue weighted by molar-refractivity contribution is 7.14. The van der Waals surface area contributed by atoms with Crippen LogP contribution in [0.15, 0.2) is 66.2 Å². The Labute approximate surface area is 158 Å². The van der Waals surface area contributed by atoms with Crippen LogP contribution in [0.25, 0.3) is 22.5 Å². The fraction of sp³-hybridized carbons (Fsp3) is 0.0526. The van der Waals surface area contributed by atoms with Crippen LogP contribution in [0.1, 0.15) is 0 Å². The summed E-state index contributed by atoms with van der Waals surface area (Å²) in [7, 11) is 0. The third-order valence-electron chi connectivity index (χ3n) is 3.80. The van der Waals surface area contributed by atoms with Crippen molar-refractivity contribution in [3.63, 3.8) is 0 Å². The Morgan fingerprint density at radius 2 is 1.78 bits per heavy atom. The van der Waals surface area contributed by atoms with E-state index in [2.05, 4.69) is 20.6 Å². The Hall–Kier alpha value is -3.39. The molecule has 0 radical (unpaired) electrons. The zero-order valence-electron chi connectivity index (χ0n) is 14.0. The largest absolute Gasteiger partial charge is 0.300 e. The molecule has 0 aliphatic rings. The fourth-order valence-corrected chi connectivity index (χ4v) is 3.24. The number of carbonyl (C=O) groups is 1. The maximum atomic E-state index is 13.0. The number of thiazole rings is 1. The van der Waals surface area contributed by atoms with Gasteiger partial charge in [0.1, 0.15) is 18.1 Å². The van der Waals surface area contributed by atoms with E-state index >= 15 is 0 Å². The number of halogens is 1. The van der Waals surface area contributed by atoms with Crippen molar-refractivity contribution >= 4 is 22.4 Å². The Morgan fingerprint density at radius 3 is 2.56 bits per heavy atom. The van der Waals surface area contributed by atoms with Gasteiger partial charge in [0, 0.05) is 16.5 Å². The second-order valence-corrected chi connectivity index (χ2v) is 6.62. The number of benzene rings is 2. The quantitative estimate of drug-likeness (QED) is 0.572. The van der Waals surface area contributed by atoms with Gasteiger partial charge in [-0.1, -0.05) is 35.5 Å². The molecule has 1 amide bonds. The fourth-order valence-electron chi connectivity index (χ4n) is 2.51. The van der Waals surface area contributed by atoms with Crippen molar-refractivity contribution in [2.24, 2.45) is 0 Å². The number of hydrogen-bond donors (Lipinski definition) is 1. The van der Waals surface area contributed by atoms with E-state index in [0.29, 0.717) is 16.5 Å². The van der Waals surface area contributed by atoms with Crippen molar-refractivity contribution in [3.8, 4) is 22.5 Å². The molecule has 2 heterocycles. The van der Waals surface area contributed by atoms with Crippen LogP contribution in [-0.2, 0) is 11.3 Å². The van der Waals surface area contributed by atoms with Gasteiger partial charge in [-0.15, -0.1) is 16.4 Å². The second kappa shape index (κ2) is 7.46. The lowest BCUT2D eigenvalue weighted by Crippen LogP contribution is -2.19. The molecule has 0 atom stereocenters. The molecule has 4 aromatic rings. The van der Waals surface area contributed by atoms with Crippen molar-refractivity contribution < 1.29 is 9.18 Å². The van der Waals surface area contributed by atoms with Crippen LogP contribution in [0.3, 0.4) is 0 Å². The summed E-state index contributed by atoms with van der Waals surface area (Å²) >= 11 is 1.31. The molecule has 134 valence electrons. The number of amides is 1. The molecule has 0 saturated carbocycles. The first-order valence-electron chi connectivity index (χ1n) is 8.14. The lowest BCUT2D eigenvalue weighted by atomic mass is 10.2. The molecule has 6 nitrogen and oxygen atoms in total. The number of carbonyl (C=O) groups excluding carboxylic acids is 1. The molecule has 1 N–H and O–H groups in total. The second-order valence-electron chi connectivity index (χ2n) is 5.76. The van der Waals surface area contributed by atoms with Gasteiger partial charge in [0.2, 0.25) is 5.91 Å². The van der Waals surface area contributed by atoms with Crippen LogP contribution < -0.4 is 5.32 Å². The van der Waals surface area contributed by atoms with E-state index in [4.69, 9.17) is 0 Å². The molecule has 4 rings (SSSR count). The maximum absolute atomic E-state index is 13.0. The molecule has 0 unspecified atom stereocenters. The molecule has 2 aromatic carbocycles. The molecule has 0 spiro atoms. The highest BCUT2D eigenvalue weighted by Gasteiger charge is 2.11. The van der Waals surface area contributed by atoms with Gasteiger partial charge in [-0.25, -0.2) is 14.1 Å². The molecule has 0 bridgehead atoms. The number of anilines is 1. The molecule has 0 aliphatic carbocycles. The van der Waals surface area contributed by atoms with Crippen molar-refractivity contribution in [2.75, 3.05) is 5.32 Å². The van der Waals surface area contributed by atoms with Crippen molar-refractivity contribution in [3.05, 3.63) is 72.0 Å². The summed E-state index contributed by atoms with van der Waals surface area (Å²) in [4.78, 5) is 16.6. The minimum Gasteiger partial charge on any atom is -0.300 e. The van der Waals surface area contributed by atoms with E-state index in [1.807, 2.05) is 35.7 Å². The standard InChI is InChI=1S/C19H14FN5OS/c20-15-8-6-14(7-9-15)17-12-27-19(21-17)22-18(26)11-25-10-16(23-24-25)13-4-2-1-3-5-13/h1-10,12H,11H2,(H,21,22,26). The average molecular weight is 379 g/mol. The topological polar surface area (TPSA) is 72.7 Å². The molecule has 8 heteroatoms. The number of rotatable bonds is 5. The Bertz CT molecular complexity index is 1060. The minimum absolute atomic E-state index is 0.0330. The highest BCUT2D eigenvalue weighted by atomic mass is 32.1. The third kappa shape index (κ3) is 4.06. The zero-order valence-corrected chi connectivity index (χ0v) is 14.9. The van der Waals surface area contributed by atoms with Crippen LogP contribution in [0, 0.1) is 5.82 Å². The SMILES string of the molecule is O=C(Cn1cc(-c2ccccc2)nn1)Nc1nc(-c2ccc(F)cc2)cs1. The molecular weight excluding hydrogens is 365 g/mol. The molecular formula is C19H14FN5OS. The minimum atomic E-state index is -0.301. The van der Waals surface area contributed by atoms with E-state index < -0.39 is 0 Å². The Morgan fingerprint density at radius 1 is 1.04 bits per heavy atom. The molecule has 2 aromatic heterocycles. The van der Waals surface area contributed by atoms with E-state index in [-0.39, 0.29) is 18.3 Å². The van der Waals surface area contributed by atoms with Crippen molar-refractivity contribution in [1.82, 2.24) is 20.0 Å².